The summed E-state index contributed by atoms with van der Waals surface area (Å²) in [6.45, 7) is 3.49. The van der Waals surface area contributed by atoms with Crippen LogP contribution in [0.4, 0.5) is 0 Å². The van der Waals surface area contributed by atoms with E-state index in [1.807, 2.05) is 37.3 Å². The van der Waals surface area contributed by atoms with E-state index in [1.54, 1.807) is 12.1 Å². The van der Waals surface area contributed by atoms with Gasteiger partial charge in [0.2, 0.25) is 0 Å². The van der Waals surface area contributed by atoms with Crippen LogP contribution < -0.4 is 0 Å². The molecule has 0 aromatic heterocycles. The van der Waals surface area contributed by atoms with E-state index < -0.39 is 5.97 Å². The second-order valence-corrected chi connectivity index (χ2v) is 4.96. The van der Waals surface area contributed by atoms with Gasteiger partial charge < -0.3 is 9.47 Å². The molecule has 0 radical (unpaired) electrons. The van der Waals surface area contributed by atoms with Crippen LogP contribution in [0.1, 0.15) is 28.4 Å². The van der Waals surface area contributed by atoms with Gasteiger partial charge >= 0.3 is 11.9 Å². The monoisotopic (exact) mass is 298 g/mol. The Bertz CT molecular complexity index is 704. The summed E-state index contributed by atoms with van der Waals surface area (Å²) in [5.41, 5.74) is 4.29. The summed E-state index contributed by atoms with van der Waals surface area (Å²) in [5.74, 6) is -0.778. The molecule has 22 heavy (non-hydrogen) atoms. The molecular formula is C18H18O4. The van der Waals surface area contributed by atoms with Crippen molar-refractivity contribution in [2.24, 2.45) is 0 Å². The van der Waals surface area contributed by atoms with Gasteiger partial charge in [0.25, 0.3) is 0 Å². The maximum Gasteiger partial charge on any atom is 0.337 e. The third kappa shape index (κ3) is 3.52. The molecule has 0 spiro atoms. The summed E-state index contributed by atoms with van der Waals surface area (Å²) in [5, 5.41) is 0. The average Bonchev–Trinajstić information content (AvgIpc) is 2.52. The van der Waals surface area contributed by atoms with E-state index in [4.69, 9.17) is 9.47 Å². The van der Waals surface area contributed by atoms with Crippen LogP contribution in [0.15, 0.2) is 42.5 Å². The standard InChI is InChI=1S/C18H18O4/c1-12-6-4-5-7-16(12)17-9-8-14(18(20)21-3)10-15(17)11-22-13(2)19/h4-10H,11H2,1-3H3. The van der Waals surface area contributed by atoms with Gasteiger partial charge in [-0.05, 0) is 41.3 Å². The number of esters is 2. The summed E-state index contributed by atoms with van der Waals surface area (Å²) < 4.78 is 9.85. The molecule has 0 aliphatic carbocycles. The first-order valence-corrected chi connectivity index (χ1v) is 6.93. The molecule has 4 heteroatoms. The quantitative estimate of drug-likeness (QED) is 0.811. The van der Waals surface area contributed by atoms with Gasteiger partial charge in [-0.1, -0.05) is 30.3 Å². The molecule has 0 fully saturated rings. The molecule has 0 N–H and O–H groups in total. The highest BCUT2D eigenvalue weighted by molar-refractivity contribution is 5.90. The van der Waals surface area contributed by atoms with Crippen molar-refractivity contribution in [1.29, 1.82) is 0 Å². The van der Waals surface area contributed by atoms with Crippen LogP contribution >= 0.6 is 0 Å². The lowest BCUT2D eigenvalue weighted by molar-refractivity contribution is -0.142. The number of aryl methyl sites for hydroxylation is 1. The van der Waals surface area contributed by atoms with Gasteiger partial charge in [0.15, 0.2) is 0 Å². The summed E-state index contributed by atoms with van der Waals surface area (Å²) >= 11 is 0. The molecule has 2 aromatic carbocycles. The lowest BCUT2D eigenvalue weighted by Gasteiger charge is -2.13. The maximum absolute atomic E-state index is 11.7. The first kappa shape index (κ1) is 15.8. The number of carbonyl (C=O) groups excluding carboxylic acids is 2. The molecular weight excluding hydrogens is 280 g/mol. The number of rotatable bonds is 4. The van der Waals surface area contributed by atoms with Gasteiger partial charge in [0, 0.05) is 6.92 Å². The summed E-state index contributed by atoms with van der Waals surface area (Å²) in [7, 11) is 1.34. The first-order chi connectivity index (χ1) is 10.5. The van der Waals surface area contributed by atoms with Crippen molar-refractivity contribution < 1.29 is 19.1 Å². The van der Waals surface area contributed by atoms with E-state index in [-0.39, 0.29) is 12.6 Å². The van der Waals surface area contributed by atoms with Crippen LogP contribution in [0, 0.1) is 6.92 Å². The normalized spacial score (nSPS) is 10.1. The lowest BCUT2D eigenvalue weighted by atomic mass is 9.95. The van der Waals surface area contributed by atoms with Crippen LogP contribution in [0.2, 0.25) is 0 Å². The van der Waals surface area contributed by atoms with E-state index in [2.05, 4.69) is 0 Å². The lowest BCUT2D eigenvalue weighted by Crippen LogP contribution is -2.05. The number of benzene rings is 2. The minimum absolute atomic E-state index is 0.115. The fourth-order valence-corrected chi connectivity index (χ4v) is 2.28. The topological polar surface area (TPSA) is 52.6 Å². The maximum atomic E-state index is 11.7. The van der Waals surface area contributed by atoms with E-state index in [9.17, 15) is 9.59 Å². The molecule has 0 amide bonds. The van der Waals surface area contributed by atoms with Crippen molar-refractivity contribution in [2.75, 3.05) is 7.11 Å². The minimum Gasteiger partial charge on any atom is -0.465 e. The van der Waals surface area contributed by atoms with Crippen molar-refractivity contribution in [3.05, 3.63) is 59.2 Å². The molecule has 114 valence electrons. The zero-order chi connectivity index (χ0) is 16.1. The largest absolute Gasteiger partial charge is 0.465 e. The van der Waals surface area contributed by atoms with Crippen LogP contribution in [-0.4, -0.2) is 19.0 Å². The second-order valence-electron chi connectivity index (χ2n) is 4.96. The van der Waals surface area contributed by atoms with Gasteiger partial charge in [0.1, 0.15) is 6.61 Å². The number of carbonyl (C=O) groups is 2. The van der Waals surface area contributed by atoms with Crippen LogP contribution in [0.5, 0.6) is 0 Å². The first-order valence-electron chi connectivity index (χ1n) is 6.93. The highest BCUT2D eigenvalue weighted by atomic mass is 16.5. The van der Waals surface area contributed by atoms with E-state index in [1.165, 1.54) is 14.0 Å². The smallest absolute Gasteiger partial charge is 0.337 e. The summed E-state index contributed by atoms with van der Waals surface area (Å²) in [6.07, 6.45) is 0. The molecule has 2 aromatic rings. The van der Waals surface area contributed by atoms with E-state index in [0.717, 1.165) is 22.3 Å². The third-order valence-corrected chi connectivity index (χ3v) is 3.39. The zero-order valence-corrected chi connectivity index (χ0v) is 12.9. The molecule has 0 bridgehead atoms. The molecule has 0 heterocycles. The number of hydrogen-bond donors (Lipinski definition) is 0. The molecule has 0 aliphatic heterocycles. The van der Waals surface area contributed by atoms with Crippen molar-refractivity contribution >= 4 is 11.9 Å². The zero-order valence-electron chi connectivity index (χ0n) is 12.9. The number of hydrogen-bond acceptors (Lipinski definition) is 4. The predicted molar refractivity (Wildman–Crippen MR) is 83.4 cm³/mol. The van der Waals surface area contributed by atoms with E-state index >= 15 is 0 Å². The van der Waals surface area contributed by atoms with Gasteiger partial charge in [-0.3, -0.25) is 4.79 Å². The Labute approximate surface area is 129 Å². The molecule has 0 aliphatic rings. The molecule has 2 rings (SSSR count). The second kappa shape index (κ2) is 6.89. The number of methoxy groups -OCH3 is 1. The molecule has 0 atom stereocenters. The third-order valence-electron chi connectivity index (χ3n) is 3.39. The average molecular weight is 298 g/mol. The Morgan fingerprint density at radius 2 is 1.77 bits per heavy atom. The molecule has 0 unspecified atom stereocenters. The Balaban J connectivity index is 2.50. The van der Waals surface area contributed by atoms with E-state index in [0.29, 0.717) is 5.56 Å². The van der Waals surface area contributed by atoms with Crippen molar-refractivity contribution in [1.82, 2.24) is 0 Å². The summed E-state index contributed by atoms with van der Waals surface area (Å²) in [4.78, 5) is 22.8. The van der Waals surface area contributed by atoms with Crippen molar-refractivity contribution in [3.63, 3.8) is 0 Å². The molecule has 4 nitrogen and oxygen atoms in total. The van der Waals surface area contributed by atoms with Crippen molar-refractivity contribution in [2.45, 2.75) is 20.5 Å². The van der Waals surface area contributed by atoms with Gasteiger partial charge in [-0.2, -0.15) is 0 Å². The minimum atomic E-state index is -0.416. The van der Waals surface area contributed by atoms with Crippen LogP contribution in [-0.2, 0) is 20.9 Å². The Morgan fingerprint density at radius 3 is 2.41 bits per heavy atom. The number of ether oxygens (including phenoxy) is 2. The fourth-order valence-electron chi connectivity index (χ4n) is 2.28. The Kier molecular flexibility index (Phi) is 4.94. The Hall–Kier alpha value is -2.62. The summed E-state index contributed by atoms with van der Waals surface area (Å²) in [6, 6.07) is 13.2. The fraction of sp³-hybridized carbons (Fsp3) is 0.222. The molecule has 0 saturated carbocycles. The molecule has 0 saturated heterocycles. The Morgan fingerprint density at radius 1 is 1.05 bits per heavy atom. The van der Waals surface area contributed by atoms with Gasteiger partial charge in [-0.25, -0.2) is 4.79 Å². The highest BCUT2D eigenvalue weighted by Crippen LogP contribution is 2.28. The SMILES string of the molecule is COC(=O)c1ccc(-c2ccccc2C)c(COC(C)=O)c1. The van der Waals surface area contributed by atoms with Gasteiger partial charge in [-0.15, -0.1) is 0 Å². The van der Waals surface area contributed by atoms with Crippen LogP contribution in [0.25, 0.3) is 11.1 Å². The highest BCUT2D eigenvalue weighted by Gasteiger charge is 2.13. The van der Waals surface area contributed by atoms with Crippen LogP contribution in [0.3, 0.4) is 0 Å². The predicted octanol–water partition coefficient (Wildman–Crippen LogP) is 3.51. The van der Waals surface area contributed by atoms with Gasteiger partial charge in [0.05, 0.1) is 12.7 Å². The van der Waals surface area contributed by atoms with Crippen molar-refractivity contribution in [3.8, 4) is 11.1 Å².